The first-order valence-corrected chi connectivity index (χ1v) is 10.1. The quantitative estimate of drug-likeness (QED) is 0.605. The van der Waals surface area contributed by atoms with E-state index >= 15 is 0 Å². The summed E-state index contributed by atoms with van der Waals surface area (Å²) >= 11 is 1.20. The fraction of sp³-hybridized carbons (Fsp3) is 0.200. The van der Waals surface area contributed by atoms with E-state index in [0.29, 0.717) is 28.2 Å². The molecule has 0 bridgehead atoms. The molecule has 2 heterocycles. The average molecular weight is 425 g/mol. The van der Waals surface area contributed by atoms with Crippen molar-refractivity contribution in [1.29, 1.82) is 0 Å². The van der Waals surface area contributed by atoms with Gasteiger partial charge >= 0.3 is 6.03 Å². The maximum atomic E-state index is 12.2. The monoisotopic (exact) mass is 425 g/mol. The van der Waals surface area contributed by atoms with Crippen molar-refractivity contribution in [2.75, 3.05) is 17.9 Å². The van der Waals surface area contributed by atoms with Crippen molar-refractivity contribution in [3.63, 3.8) is 0 Å². The van der Waals surface area contributed by atoms with Crippen LogP contribution >= 0.6 is 11.8 Å². The molecular weight excluding hydrogens is 406 g/mol. The Balaban J connectivity index is 1.35. The van der Waals surface area contributed by atoms with Gasteiger partial charge in [-0.2, -0.15) is 0 Å². The average Bonchev–Trinajstić information content (AvgIpc) is 3.33. The minimum Gasteiger partial charge on any atom is -0.454 e. The van der Waals surface area contributed by atoms with Gasteiger partial charge in [-0.05, 0) is 37.6 Å². The molecule has 0 saturated carbocycles. The lowest BCUT2D eigenvalue weighted by Gasteiger charge is -2.11. The number of nitrogens with zero attached hydrogens (tertiary/aromatic N) is 3. The highest BCUT2D eigenvalue weighted by Crippen LogP contribution is 2.34. The van der Waals surface area contributed by atoms with Crippen LogP contribution < -0.4 is 20.1 Å². The van der Waals surface area contributed by atoms with Crippen molar-refractivity contribution in [3.05, 3.63) is 53.9 Å². The Morgan fingerprint density at radius 2 is 1.90 bits per heavy atom. The van der Waals surface area contributed by atoms with Gasteiger partial charge in [-0.15, -0.1) is 10.2 Å². The Morgan fingerprint density at radius 3 is 2.73 bits per heavy atom. The molecule has 3 aromatic rings. The molecule has 0 saturated heterocycles. The summed E-state index contributed by atoms with van der Waals surface area (Å²) in [6.07, 6.45) is 0. The van der Waals surface area contributed by atoms with E-state index in [1.807, 2.05) is 42.7 Å². The van der Waals surface area contributed by atoms with Crippen LogP contribution in [0, 0.1) is 13.8 Å². The lowest BCUT2D eigenvalue weighted by Crippen LogP contribution is -2.35. The SMILES string of the molecule is Cc1ccccc1-n1c(C)nnc1SCC(=O)NC(=O)Nc1ccc2c(c1)OCO2. The molecule has 0 aliphatic carbocycles. The molecule has 1 aliphatic rings. The summed E-state index contributed by atoms with van der Waals surface area (Å²) in [5.74, 6) is 1.43. The number of anilines is 1. The smallest absolute Gasteiger partial charge is 0.325 e. The molecule has 30 heavy (non-hydrogen) atoms. The highest BCUT2D eigenvalue weighted by atomic mass is 32.2. The second-order valence-electron chi connectivity index (χ2n) is 6.51. The van der Waals surface area contributed by atoms with Crippen LogP contribution in [0.3, 0.4) is 0 Å². The van der Waals surface area contributed by atoms with Crippen molar-refractivity contribution in [2.24, 2.45) is 0 Å². The number of amides is 3. The maximum absolute atomic E-state index is 12.2. The van der Waals surface area contributed by atoms with Gasteiger partial charge in [0.1, 0.15) is 5.82 Å². The molecule has 0 fully saturated rings. The minimum atomic E-state index is -0.629. The zero-order valence-corrected chi connectivity index (χ0v) is 17.2. The number of aromatic nitrogens is 3. The highest BCUT2D eigenvalue weighted by Gasteiger charge is 2.17. The van der Waals surface area contributed by atoms with Crippen molar-refractivity contribution >= 4 is 29.4 Å². The molecule has 0 spiro atoms. The van der Waals surface area contributed by atoms with Crippen LogP contribution in [0.15, 0.2) is 47.6 Å². The largest absolute Gasteiger partial charge is 0.454 e. The van der Waals surface area contributed by atoms with Gasteiger partial charge in [0, 0.05) is 11.8 Å². The highest BCUT2D eigenvalue weighted by molar-refractivity contribution is 7.99. The number of aryl methyl sites for hydroxylation is 2. The molecule has 0 atom stereocenters. The van der Waals surface area contributed by atoms with Gasteiger partial charge in [0.15, 0.2) is 16.7 Å². The number of thioether (sulfide) groups is 1. The molecule has 2 aromatic carbocycles. The topological polar surface area (TPSA) is 107 Å². The number of fused-ring (bicyclic) bond motifs is 1. The van der Waals surface area contributed by atoms with E-state index in [4.69, 9.17) is 9.47 Å². The molecule has 154 valence electrons. The van der Waals surface area contributed by atoms with Crippen molar-refractivity contribution < 1.29 is 19.1 Å². The van der Waals surface area contributed by atoms with Crippen molar-refractivity contribution in [3.8, 4) is 17.2 Å². The van der Waals surface area contributed by atoms with E-state index in [-0.39, 0.29) is 12.5 Å². The Labute approximate surface area is 176 Å². The molecule has 9 nitrogen and oxygen atoms in total. The van der Waals surface area contributed by atoms with E-state index in [9.17, 15) is 9.59 Å². The van der Waals surface area contributed by atoms with Crippen LogP contribution in [-0.4, -0.2) is 39.2 Å². The van der Waals surface area contributed by atoms with Crippen LogP contribution in [0.5, 0.6) is 11.5 Å². The van der Waals surface area contributed by atoms with Gasteiger partial charge in [0.25, 0.3) is 0 Å². The van der Waals surface area contributed by atoms with E-state index in [1.165, 1.54) is 11.8 Å². The number of hydrogen-bond donors (Lipinski definition) is 2. The summed E-state index contributed by atoms with van der Waals surface area (Å²) in [7, 11) is 0. The van der Waals surface area contributed by atoms with E-state index in [2.05, 4.69) is 20.8 Å². The van der Waals surface area contributed by atoms with Gasteiger partial charge in [0.2, 0.25) is 12.7 Å². The first-order valence-electron chi connectivity index (χ1n) is 9.12. The second-order valence-corrected chi connectivity index (χ2v) is 7.45. The number of rotatable bonds is 5. The summed E-state index contributed by atoms with van der Waals surface area (Å²) in [5, 5.41) is 13.8. The number of urea groups is 1. The number of nitrogens with one attached hydrogen (secondary N) is 2. The summed E-state index contributed by atoms with van der Waals surface area (Å²) in [4.78, 5) is 24.3. The number of para-hydroxylation sites is 1. The van der Waals surface area contributed by atoms with Crippen LogP contribution in [0.4, 0.5) is 10.5 Å². The Morgan fingerprint density at radius 1 is 1.10 bits per heavy atom. The van der Waals surface area contributed by atoms with E-state index in [1.54, 1.807) is 18.2 Å². The van der Waals surface area contributed by atoms with Gasteiger partial charge < -0.3 is 14.8 Å². The summed E-state index contributed by atoms with van der Waals surface area (Å²) in [6, 6.07) is 12.2. The standard InChI is InChI=1S/C20H19N5O4S/c1-12-5-3-4-6-15(12)25-13(2)23-24-20(25)30-10-18(26)22-19(27)21-14-7-8-16-17(9-14)29-11-28-16/h3-9H,10-11H2,1-2H3,(H2,21,22,26,27). The molecular formula is C20H19N5O4S. The van der Waals surface area contributed by atoms with Crippen LogP contribution in [0.25, 0.3) is 5.69 Å². The van der Waals surface area contributed by atoms with E-state index in [0.717, 1.165) is 11.3 Å². The van der Waals surface area contributed by atoms with Crippen LogP contribution in [-0.2, 0) is 4.79 Å². The van der Waals surface area contributed by atoms with Gasteiger partial charge in [-0.1, -0.05) is 30.0 Å². The van der Waals surface area contributed by atoms with Crippen LogP contribution in [0.2, 0.25) is 0 Å². The lowest BCUT2D eigenvalue weighted by molar-refractivity contribution is -0.117. The molecule has 10 heteroatoms. The van der Waals surface area contributed by atoms with Gasteiger partial charge in [-0.3, -0.25) is 14.7 Å². The number of benzene rings is 2. The Kier molecular flexibility index (Phi) is 5.57. The molecule has 4 rings (SSSR count). The van der Waals surface area contributed by atoms with Gasteiger partial charge in [0.05, 0.1) is 11.4 Å². The number of imide groups is 1. The van der Waals surface area contributed by atoms with Crippen molar-refractivity contribution in [1.82, 2.24) is 20.1 Å². The first kappa shape index (κ1) is 19.8. The maximum Gasteiger partial charge on any atom is 0.325 e. The zero-order chi connectivity index (χ0) is 21.1. The normalized spacial score (nSPS) is 11.9. The fourth-order valence-corrected chi connectivity index (χ4v) is 3.75. The molecule has 0 radical (unpaired) electrons. The molecule has 0 unspecified atom stereocenters. The molecule has 2 N–H and O–H groups in total. The van der Waals surface area contributed by atoms with Gasteiger partial charge in [-0.25, -0.2) is 4.79 Å². The Bertz CT molecular complexity index is 1110. The van der Waals surface area contributed by atoms with E-state index < -0.39 is 11.9 Å². The Hall–Kier alpha value is -3.53. The lowest BCUT2D eigenvalue weighted by atomic mass is 10.2. The molecule has 3 amide bonds. The third kappa shape index (κ3) is 4.23. The zero-order valence-electron chi connectivity index (χ0n) is 16.3. The molecule has 1 aromatic heterocycles. The number of carbonyl (C=O) groups excluding carboxylic acids is 2. The number of carbonyl (C=O) groups is 2. The third-order valence-corrected chi connectivity index (χ3v) is 5.30. The predicted molar refractivity (Wildman–Crippen MR) is 111 cm³/mol. The number of ether oxygens (including phenoxy) is 2. The van der Waals surface area contributed by atoms with Crippen LogP contribution in [0.1, 0.15) is 11.4 Å². The fourth-order valence-electron chi connectivity index (χ4n) is 2.96. The summed E-state index contributed by atoms with van der Waals surface area (Å²) < 4.78 is 12.4. The minimum absolute atomic E-state index is 0.0125. The molecule has 1 aliphatic heterocycles. The summed E-state index contributed by atoms with van der Waals surface area (Å²) in [6.45, 7) is 3.99. The third-order valence-electron chi connectivity index (χ3n) is 4.37. The first-order chi connectivity index (χ1) is 14.5. The number of hydrogen-bond acceptors (Lipinski definition) is 7. The predicted octanol–water partition coefficient (Wildman–Crippen LogP) is 3.05. The van der Waals surface area contributed by atoms with Crippen molar-refractivity contribution in [2.45, 2.75) is 19.0 Å². The summed E-state index contributed by atoms with van der Waals surface area (Å²) in [5.41, 5.74) is 2.50. The second kappa shape index (κ2) is 8.46.